The molecule has 0 aromatic rings. The van der Waals surface area contributed by atoms with Crippen molar-refractivity contribution in [3.05, 3.63) is 0 Å². The minimum atomic E-state index is 0.154. The van der Waals surface area contributed by atoms with Gasteiger partial charge in [0.25, 0.3) is 0 Å². The highest BCUT2D eigenvalue weighted by atomic mass is 15.1. The molecular weight excluding hydrogens is 174 g/mol. The summed E-state index contributed by atoms with van der Waals surface area (Å²) >= 11 is 0. The zero-order chi connectivity index (χ0) is 10.4. The number of nitrogens with zero attached hydrogens (tertiary/aromatic N) is 2. The Kier molecular flexibility index (Phi) is 4.92. The van der Waals surface area contributed by atoms with E-state index in [0.717, 1.165) is 32.1 Å². The van der Waals surface area contributed by atoms with Crippen LogP contribution in [-0.4, -0.2) is 38.1 Å². The lowest BCUT2D eigenvalue weighted by molar-refractivity contribution is 0.229. The minimum Gasteiger partial charge on any atom is -0.317 e. The largest absolute Gasteiger partial charge is 0.317 e. The maximum Gasteiger partial charge on any atom is 0.0666 e. The van der Waals surface area contributed by atoms with Gasteiger partial charge in [0, 0.05) is 13.1 Å². The second-order valence-electron chi connectivity index (χ2n) is 4.44. The van der Waals surface area contributed by atoms with E-state index in [1.165, 1.54) is 12.8 Å². The van der Waals surface area contributed by atoms with Gasteiger partial charge in [0.1, 0.15) is 0 Å². The minimum absolute atomic E-state index is 0.154. The number of nitriles is 1. The molecule has 1 rings (SSSR count). The van der Waals surface area contributed by atoms with Gasteiger partial charge in [-0.05, 0) is 45.8 Å². The SMILES string of the molecule is CC(C#N)CN(C)CC1CCNCC1. The standard InChI is InChI=1S/C11H21N3/c1-10(7-12)8-14(2)9-11-3-5-13-6-4-11/h10-11,13H,3-6,8-9H2,1-2H3. The molecule has 0 amide bonds. The number of nitrogens with one attached hydrogen (secondary N) is 1. The molecule has 1 heterocycles. The predicted octanol–water partition coefficient (Wildman–Crippen LogP) is 1.08. The molecule has 1 atom stereocenters. The second-order valence-corrected chi connectivity index (χ2v) is 4.44. The first kappa shape index (κ1) is 11.5. The normalized spacial score (nSPS) is 20.7. The molecule has 1 N–H and O–H groups in total. The summed E-state index contributed by atoms with van der Waals surface area (Å²) < 4.78 is 0. The van der Waals surface area contributed by atoms with Crippen LogP contribution in [0.2, 0.25) is 0 Å². The molecule has 14 heavy (non-hydrogen) atoms. The first-order valence-corrected chi connectivity index (χ1v) is 5.51. The van der Waals surface area contributed by atoms with E-state index in [1.54, 1.807) is 0 Å². The van der Waals surface area contributed by atoms with E-state index in [2.05, 4.69) is 23.3 Å². The van der Waals surface area contributed by atoms with Crippen molar-refractivity contribution in [2.24, 2.45) is 11.8 Å². The molecule has 0 aromatic carbocycles. The Hall–Kier alpha value is -0.590. The van der Waals surface area contributed by atoms with E-state index < -0.39 is 0 Å². The van der Waals surface area contributed by atoms with Crippen LogP contribution in [0.3, 0.4) is 0 Å². The van der Waals surface area contributed by atoms with Crippen LogP contribution in [0.4, 0.5) is 0 Å². The van der Waals surface area contributed by atoms with Gasteiger partial charge in [-0.3, -0.25) is 0 Å². The topological polar surface area (TPSA) is 39.1 Å². The van der Waals surface area contributed by atoms with Gasteiger partial charge >= 0.3 is 0 Å². The second kappa shape index (κ2) is 6.00. The highest BCUT2D eigenvalue weighted by Gasteiger charge is 2.15. The van der Waals surface area contributed by atoms with Crippen molar-refractivity contribution in [2.75, 3.05) is 33.2 Å². The first-order chi connectivity index (χ1) is 6.72. The van der Waals surface area contributed by atoms with Crippen molar-refractivity contribution < 1.29 is 0 Å². The summed E-state index contributed by atoms with van der Waals surface area (Å²) in [5, 5.41) is 12.1. The molecule has 0 bridgehead atoms. The summed E-state index contributed by atoms with van der Waals surface area (Å²) in [6.45, 7) is 6.35. The molecule has 1 aliphatic heterocycles. The van der Waals surface area contributed by atoms with E-state index in [9.17, 15) is 0 Å². The van der Waals surface area contributed by atoms with Crippen molar-refractivity contribution in [1.29, 1.82) is 5.26 Å². The van der Waals surface area contributed by atoms with Gasteiger partial charge in [-0.15, -0.1) is 0 Å². The molecular formula is C11H21N3. The van der Waals surface area contributed by atoms with Crippen molar-refractivity contribution in [1.82, 2.24) is 10.2 Å². The molecule has 3 heteroatoms. The molecule has 1 fully saturated rings. The molecule has 1 saturated heterocycles. The number of hydrogen-bond donors (Lipinski definition) is 1. The Bertz CT molecular complexity index is 191. The number of rotatable bonds is 4. The number of piperidine rings is 1. The third-order valence-corrected chi connectivity index (χ3v) is 2.83. The maximum atomic E-state index is 8.70. The Morgan fingerprint density at radius 3 is 2.71 bits per heavy atom. The summed E-state index contributed by atoms with van der Waals surface area (Å²) in [6, 6.07) is 2.28. The summed E-state index contributed by atoms with van der Waals surface area (Å²) in [5.41, 5.74) is 0. The maximum absolute atomic E-state index is 8.70. The van der Waals surface area contributed by atoms with E-state index in [0.29, 0.717) is 0 Å². The van der Waals surface area contributed by atoms with Crippen LogP contribution in [-0.2, 0) is 0 Å². The fraction of sp³-hybridized carbons (Fsp3) is 0.909. The average molecular weight is 195 g/mol. The van der Waals surface area contributed by atoms with Gasteiger partial charge in [-0.25, -0.2) is 0 Å². The molecule has 0 aromatic heterocycles. The summed E-state index contributed by atoms with van der Waals surface area (Å²) in [5.74, 6) is 0.980. The smallest absolute Gasteiger partial charge is 0.0666 e. The van der Waals surface area contributed by atoms with Gasteiger partial charge in [0.2, 0.25) is 0 Å². The molecule has 1 aliphatic rings. The molecule has 0 radical (unpaired) electrons. The third-order valence-electron chi connectivity index (χ3n) is 2.83. The van der Waals surface area contributed by atoms with Crippen LogP contribution in [0.1, 0.15) is 19.8 Å². The zero-order valence-corrected chi connectivity index (χ0v) is 9.29. The van der Waals surface area contributed by atoms with Gasteiger partial charge in [0.05, 0.1) is 12.0 Å². The lowest BCUT2D eigenvalue weighted by atomic mass is 9.97. The summed E-state index contributed by atoms with van der Waals surface area (Å²) in [6.07, 6.45) is 2.57. The van der Waals surface area contributed by atoms with Crippen molar-refractivity contribution in [3.63, 3.8) is 0 Å². The van der Waals surface area contributed by atoms with E-state index >= 15 is 0 Å². The van der Waals surface area contributed by atoms with Gasteiger partial charge in [0.15, 0.2) is 0 Å². The quantitative estimate of drug-likeness (QED) is 0.729. The van der Waals surface area contributed by atoms with Crippen molar-refractivity contribution in [2.45, 2.75) is 19.8 Å². The fourth-order valence-corrected chi connectivity index (χ4v) is 2.09. The third kappa shape index (κ3) is 4.08. The van der Waals surface area contributed by atoms with Gasteiger partial charge in [-0.1, -0.05) is 0 Å². The summed E-state index contributed by atoms with van der Waals surface area (Å²) in [7, 11) is 2.12. The van der Waals surface area contributed by atoms with Crippen LogP contribution < -0.4 is 5.32 Å². The van der Waals surface area contributed by atoms with Crippen LogP contribution in [0.5, 0.6) is 0 Å². The highest BCUT2D eigenvalue weighted by molar-refractivity contribution is 4.81. The van der Waals surface area contributed by atoms with E-state index in [-0.39, 0.29) is 5.92 Å². The lowest BCUT2D eigenvalue weighted by Gasteiger charge is -2.27. The Morgan fingerprint density at radius 1 is 1.50 bits per heavy atom. The Morgan fingerprint density at radius 2 is 2.14 bits per heavy atom. The van der Waals surface area contributed by atoms with Gasteiger partial charge in [-0.2, -0.15) is 5.26 Å². The average Bonchev–Trinajstić information content (AvgIpc) is 2.19. The Balaban J connectivity index is 2.18. The van der Waals surface area contributed by atoms with Crippen LogP contribution in [0.15, 0.2) is 0 Å². The van der Waals surface area contributed by atoms with E-state index in [4.69, 9.17) is 5.26 Å². The zero-order valence-electron chi connectivity index (χ0n) is 9.29. The van der Waals surface area contributed by atoms with Crippen molar-refractivity contribution >= 4 is 0 Å². The van der Waals surface area contributed by atoms with Crippen LogP contribution in [0, 0.1) is 23.2 Å². The van der Waals surface area contributed by atoms with Crippen LogP contribution in [0.25, 0.3) is 0 Å². The van der Waals surface area contributed by atoms with E-state index in [1.807, 2.05) is 6.92 Å². The molecule has 1 unspecified atom stereocenters. The van der Waals surface area contributed by atoms with Crippen molar-refractivity contribution in [3.8, 4) is 6.07 Å². The monoisotopic (exact) mass is 195 g/mol. The predicted molar refractivity (Wildman–Crippen MR) is 57.9 cm³/mol. The fourth-order valence-electron chi connectivity index (χ4n) is 2.09. The molecule has 0 saturated carbocycles. The van der Waals surface area contributed by atoms with Crippen LogP contribution >= 0.6 is 0 Å². The highest BCUT2D eigenvalue weighted by Crippen LogP contribution is 2.13. The molecule has 80 valence electrons. The molecule has 3 nitrogen and oxygen atoms in total. The summed E-state index contributed by atoms with van der Waals surface area (Å²) in [4.78, 5) is 2.30. The molecule has 0 aliphatic carbocycles. The lowest BCUT2D eigenvalue weighted by Crippen LogP contribution is -2.35. The Labute approximate surface area is 87.1 Å². The number of hydrogen-bond acceptors (Lipinski definition) is 3. The first-order valence-electron chi connectivity index (χ1n) is 5.51. The molecule has 0 spiro atoms. The van der Waals surface area contributed by atoms with Gasteiger partial charge < -0.3 is 10.2 Å².